The van der Waals surface area contributed by atoms with E-state index in [1.165, 1.54) is 13.1 Å². The van der Waals surface area contributed by atoms with E-state index in [2.05, 4.69) is 10.0 Å². The molecule has 0 bridgehead atoms. The van der Waals surface area contributed by atoms with Gasteiger partial charge in [0.2, 0.25) is 0 Å². The van der Waals surface area contributed by atoms with E-state index in [-0.39, 0.29) is 5.91 Å². The van der Waals surface area contributed by atoms with Crippen LogP contribution in [0.1, 0.15) is 10.4 Å². The fourth-order valence-electron chi connectivity index (χ4n) is 0.956. The second kappa shape index (κ2) is 4.27. The Morgan fingerprint density at radius 3 is 2.93 bits per heavy atom. The topological polar surface area (TPSA) is 95.1 Å². The van der Waals surface area contributed by atoms with Crippen LogP contribution in [-0.4, -0.2) is 18.0 Å². The molecule has 1 rings (SSSR count). The molecule has 0 fully saturated rings. The number of rotatable bonds is 2. The number of hydrogen-bond donors (Lipinski definition) is 1. The van der Waals surface area contributed by atoms with Crippen LogP contribution in [0.3, 0.4) is 0 Å². The third kappa shape index (κ3) is 2.22. The average molecular weight is 191 g/mol. The Morgan fingerprint density at radius 2 is 2.36 bits per heavy atom. The van der Waals surface area contributed by atoms with E-state index in [0.29, 0.717) is 11.3 Å². The fraction of sp³-hybridized carbons (Fsp3) is 0.125. The molecule has 0 saturated carbocycles. The molecule has 0 atom stereocenters. The van der Waals surface area contributed by atoms with E-state index in [0.717, 1.165) is 5.01 Å². The zero-order valence-electron chi connectivity index (χ0n) is 7.58. The van der Waals surface area contributed by atoms with Crippen LogP contribution >= 0.6 is 0 Å². The van der Waals surface area contributed by atoms with Gasteiger partial charge in [-0.05, 0) is 17.7 Å². The minimum atomic E-state index is -0.333. The SMILES string of the molecule is CN(N)C(=O)c1cccc(N=[N+]=[N-])c1. The van der Waals surface area contributed by atoms with Gasteiger partial charge >= 0.3 is 0 Å². The molecule has 0 spiro atoms. The fourth-order valence-corrected chi connectivity index (χ4v) is 0.956. The van der Waals surface area contributed by atoms with Gasteiger partial charge in [0.1, 0.15) is 0 Å². The molecule has 6 heteroatoms. The molecule has 1 aromatic carbocycles. The molecule has 1 aromatic rings. The average Bonchev–Trinajstić information content (AvgIpc) is 2.17. The Labute approximate surface area is 80.5 Å². The van der Waals surface area contributed by atoms with Crippen molar-refractivity contribution in [3.63, 3.8) is 0 Å². The van der Waals surface area contributed by atoms with Crippen molar-refractivity contribution < 1.29 is 4.79 Å². The highest BCUT2D eigenvalue weighted by atomic mass is 16.2. The van der Waals surface area contributed by atoms with Crippen LogP contribution in [-0.2, 0) is 0 Å². The molecule has 72 valence electrons. The van der Waals surface area contributed by atoms with Crippen LogP contribution < -0.4 is 5.84 Å². The maximum atomic E-state index is 11.4. The number of amides is 1. The summed E-state index contributed by atoms with van der Waals surface area (Å²) in [6, 6.07) is 6.31. The second-order valence-corrected chi connectivity index (χ2v) is 2.66. The van der Waals surface area contributed by atoms with Gasteiger partial charge in [0.05, 0.1) is 0 Å². The Bertz CT molecular complexity index is 394. The van der Waals surface area contributed by atoms with E-state index < -0.39 is 0 Å². The van der Waals surface area contributed by atoms with Gasteiger partial charge in [0, 0.05) is 23.2 Å². The van der Waals surface area contributed by atoms with E-state index in [1.807, 2.05) is 0 Å². The number of hydrazine groups is 1. The Hall–Kier alpha value is -2.04. The normalized spacial score (nSPS) is 9.00. The van der Waals surface area contributed by atoms with Crippen LogP contribution in [0.25, 0.3) is 10.4 Å². The minimum absolute atomic E-state index is 0.333. The predicted molar refractivity (Wildman–Crippen MR) is 51.5 cm³/mol. The highest BCUT2D eigenvalue weighted by Crippen LogP contribution is 2.14. The van der Waals surface area contributed by atoms with Gasteiger partial charge in [-0.25, -0.2) is 5.84 Å². The molecule has 0 aliphatic heterocycles. The third-order valence-electron chi connectivity index (χ3n) is 1.57. The third-order valence-corrected chi connectivity index (χ3v) is 1.57. The lowest BCUT2D eigenvalue weighted by molar-refractivity contribution is 0.0795. The van der Waals surface area contributed by atoms with Crippen molar-refractivity contribution in [2.45, 2.75) is 0 Å². The summed E-state index contributed by atoms with van der Waals surface area (Å²) in [6.07, 6.45) is 0. The van der Waals surface area contributed by atoms with Crippen molar-refractivity contribution in [1.29, 1.82) is 0 Å². The first kappa shape index (κ1) is 10.0. The monoisotopic (exact) mass is 191 g/mol. The molecule has 1 amide bonds. The first-order valence-electron chi connectivity index (χ1n) is 3.83. The van der Waals surface area contributed by atoms with Crippen molar-refractivity contribution in [1.82, 2.24) is 5.01 Å². The highest BCUT2D eigenvalue weighted by molar-refractivity contribution is 5.94. The lowest BCUT2D eigenvalue weighted by atomic mass is 10.2. The first-order valence-corrected chi connectivity index (χ1v) is 3.83. The number of nitrogens with zero attached hydrogens (tertiary/aromatic N) is 4. The largest absolute Gasteiger partial charge is 0.280 e. The summed E-state index contributed by atoms with van der Waals surface area (Å²) in [7, 11) is 1.45. The van der Waals surface area contributed by atoms with Crippen LogP contribution in [0, 0.1) is 0 Å². The lowest BCUT2D eigenvalue weighted by Gasteiger charge is -2.09. The highest BCUT2D eigenvalue weighted by Gasteiger charge is 2.07. The van der Waals surface area contributed by atoms with E-state index in [1.54, 1.807) is 18.2 Å². The van der Waals surface area contributed by atoms with Crippen LogP contribution in [0.2, 0.25) is 0 Å². The quantitative estimate of drug-likeness (QED) is 0.192. The van der Waals surface area contributed by atoms with E-state index >= 15 is 0 Å². The van der Waals surface area contributed by atoms with Gasteiger partial charge in [-0.1, -0.05) is 17.2 Å². The smallest absolute Gasteiger partial charge is 0.267 e. The number of nitrogens with two attached hydrogens (primary N) is 1. The van der Waals surface area contributed by atoms with Crippen molar-refractivity contribution in [3.8, 4) is 0 Å². The zero-order chi connectivity index (χ0) is 10.6. The molecule has 0 radical (unpaired) electrons. The molecular weight excluding hydrogens is 182 g/mol. The van der Waals surface area contributed by atoms with Gasteiger partial charge in [-0.15, -0.1) is 0 Å². The van der Waals surface area contributed by atoms with Crippen molar-refractivity contribution in [2.24, 2.45) is 11.0 Å². The number of benzene rings is 1. The van der Waals surface area contributed by atoms with Crippen molar-refractivity contribution in [2.75, 3.05) is 7.05 Å². The van der Waals surface area contributed by atoms with Gasteiger partial charge in [0.25, 0.3) is 5.91 Å². The van der Waals surface area contributed by atoms with Crippen LogP contribution in [0.4, 0.5) is 5.69 Å². The molecule has 0 saturated heterocycles. The molecule has 0 aliphatic carbocycles. The van der Waals surface area contributed by atoms with Crippen LogP contribution in [0.5, 0.6) is 0 Å². The summed E-state index contributed by atoms with van der Waals surface area (Å²) in [5.41, 5.74) is 8.97. The summed E-state index contributed by atoms with van der Waals surface area (Å²) in [5, 5.41) is 4.35. The van der Waals surface area contributed by atoms with Crippen molar-refractivity contribution in [3.05, 3.63) is 40.3 Å². The van der Waals surface area contributed by atoms with Crippen molar-refractivity contribution >= 4 is 11.6 Å². The summed E-state index contributed by atoms with van der Waals surface area (Å²) in [5.74, 6) is 4.94. The number of carbonyl (C=O) groups is 1. The standard InChI is InChI=1S/C8H9N5O/c1-13(10)8(14)6-3-2-4-7(5-6)11-12-9/h2-5H,10H2,1H3. The van der Waals surface area contributed by atoms with Gasteiger partial charge in [-0.2, -0.15) is 0 Å². The second-order valence-electron chi connectivity index (χ2n) is 2.66. The van der Waals surface area contributed by atoms with Gasteiger partial charge in [-0.3, -0.25) is 9.80 Å². The molecule has 0 heterocycles. The number of azide groups is 1. The zero-order valence-corrected chi connectivity index (χ0v) is 7.58. The number of hydrogen-bond acceptors (Lipinski definition) is 3. The predicted octanol–water partition coefficient (Wildman–Crippen LogP) is 1.57. The first-order chi connectivity index (χ1) is 6.65. The summed E-state index contributed by atoms with van der Waals surface area (Å²) < 4.78 is 0. The Balaban J connectivity index is 3.05. The molecule has 0 aliphatic rings. The summed E-state index contributed by atoms with van der Waals surface area (Å²) >= 11 is 0. The molecular formula is C8H9N5O. The Morgan fingerprint density at radius 1 is 1.64 bits per heavy atom. The minimum Gasteiger partial charge on any atom is -0.280 e. The van der Waals surface area contributed by atoms with Gasteiger partial charge in [0.15, 0.2) is 0 Å². The van der Waals surface area contributed by atoms with E-state index in [9.17, 15) is 4.79 Å². The number of carbonyl (C=O) groups excluding carboxylic acids is 1. The van der Waals surface area contributed by atoms with Crippen LogP contribution in [0.15, 0.2) is 29.4 Å². The molecule has 0 unspecified atom stereocenters. The lowest BCUT2D eigenvalue weighted by Crippen LogP contribution is -2.32. The molecule has 6 nitrogen and oxygen atoms in total. The summed E-state index contributed by atoms with van der Waals surface area (Å²) in [6.45, 7) is 0. The molecule has 2 N–H and O–H groups in total. The summed E-state index contributed by atoms with van der Waals surface area (Å²) in [4.78, 5) is 14.0. The Kier molecular flexibility index (Phi) is 3.06. The maximum Gasteiger partial charge on any atom is 0.267 e. The molecule has 14 heavy (non-hydrogen) atoms. The maximum absolute atomic E-state index is 11.4. The van der Waals surface area contributed by atoms with E-state index in [4.69, 9.17) is 11.4 Å². The van der Waals surface area contributed by atoms with Gasteiger partial charge < -0.3 is 0 Å². The molecule has 0 aromatic heterocycles.